The second-order valence-corrected chi connectivity index (χ2v) is 5.20. The minimum absolute atomic E-state index is 0.0777. The van der Waals surface area contributed by atoms with Gasteiger partial charge in [0.2, 0.25) is 0 Å². The number of amides is 1. The standard InChI is InChI=1S/C14H15ClFNO3/c1-8(14(19)17-9-5-6-9)20-13(18)7-10-11(15)3-2-4-12(10)16/h2-4,8-9H,5-7H2,1H3,(H,17,19). The van der Waals surface area contributed by atoms with E-state index < -0.39 is 17.9 Å². The van der Waals surface area contributed by atoms with E-state index in [-0.39, 0.29) is 29.0 Å². The number of carbonyl (C=O) groups excluding carboxylic acids is 2. The Kier molecular flexibility index (Phi) is 4.60. The van der Waals surface area contributed by atoms with Crippen molar-refractivity contribution in [3.05, 3.63) is 34.6 Å². The molecule has 1 N–H and O–H groups in total. The van der Waals surface area contributed by atoms with Crippen molar-refractivity contribution < 1.29 is 18.7 Å². The second-order valence-electron chi connectivity index (χ2n) is 4.79. The van der Waals surface area contributed by atoms with Gasteiger partial charge in [-0.05, 0) is 31.9 Å². The quantitative estimate of drug-likeness (QED) is 0.848. The van der Waals surface area contributed by atoms with Gasteiger partial charge in [-0.1, -0.05) is 17.7 Å². The molecule has 0 radical (unpaired) electrons. The molecule has 2 rings (SSSR count). The molecule has 1 amide bonds. The third-order valence-corrected chi connectivity index (χ3v) is 3.34. The number of esters is 1. The van der Waals surface area contributed by atoms with Gasteiger partial charge < -0.3 is 10.1 Å². The van der Waals surface area contributed by atoms with Crippen LogP contribution >= 0.6 is 11.6 Å². The summed E-state index contributed by atoms with van der Waals surface area (Å²) in [6.45, 7) is 1.48. The van der Waals surface area contributed by atoms with Gasteiger partial charge in [-0.3, -0.25) is 9.59 Å². The topological polar surface area (TPSA) is 55.4 Å². The summed E-state index contributed by atoms with van der Waals surface area (Å²) in [6, 6.07) is 4.37. The van der Waals surface area contributed by atoms with E-state index in [0.717, 1.165) is 12.8 Å². The highest BCUT2D eigenvalue weighted by molar-refractivity contribution is 6.31. The molecule has 1 atom stereocenters. The first kappa shape index (κ1) is 14.8. The summed E-state index contributed by atoms with van der Waals surface area (Å²) in [4.78, 5) is 23.3. The van der Waals surface area contributed by atoms with Crippen LogP contribution in [0, 0.1) is 5.82 Å². The number of rotatable bonds is 5. The largest absolute Gasteiger partial charge is 0.452 e. The van der Waals surface area contributed by atoms with Gasteiger partial charge in [-0.25, -0.2) is 4.39 Å². The summed E-state index contributed by atoms with van der Waals surface area (Å²) >= 11 is 5.82. The van der Waals surface area contributed by atoms with E-state index in [0.29, 0.717) is 0 Å². The minimum atomic E-state index is -0.895. The highest BCUT2D eigenvalue weighted by Crippen LogP contribution is 2.20. The first-order valence-electron chi connectivity index (χ1n) is 6.40. The number of halogens is 2. The van der Waals surface area contributed by atoms with Crippen LogP contribution in [0.1, 0.15) is 25.3 Å². The number of ether oxygens (including phenoxy) is 1. The van der Waals surface area contributed by atoms with Crippen molar-refractivity contribution in [2.75, 3.05) is 0 Å². The number of nitrogens with one attached hydrogen (secondary N) is 1. The van der Waals surface area contributed by atoms with E-state index in [1.807, 2.05) is 0 Å². The average molecular weight is 300 g/mol. The lowest BCUT2D eigenvalue weighted by Crippen LogP contribution is -2.37. The first-order valence-corrected chi connectivity index (χ1v) is 6.78. The lowest BCUT2D eigenvalue weighted by atomic mass is 10.1. The third kappa shape index (κ3) is 3.93. The first-order chi connectivity index (χ1) is 9.47. The highest BCUT2D eigenvalue weighted by Gasteiger charge is 2.27. The summed E-state index contributed by atoms with van der Waals surface area (Å²) in [7, 11) is 0. The van der Waals surface area contributed by atoms with Crippen molar-refractivity contribution in [2.24, 2.45) is 0 Å². The van der Waals surface area contributed by atoms with Crippen molar-refractivity contribution in [2.45, 2.75) is 38.3 Å². The molecule has 0 aromatic heterocycles. The van der Waals surface area contributed by atoms with E-state index in [4.69, 9.17) is 16.3 Å². The molecule has 0 aliphatic heterocycles. The fourth-order valence-corrected chi connectivity index (χ4v) is 1.91. The molecule has 0 saturated heterocycles. The molecule has 6 heteroatoms. The Morgan fingerprint density at radius 1 is 1.50 bits per heavy atom. The van der Waals surface area contributed by atoms with E-state index in [1.165, 1.54) is 25.1 Å². The maximum Gasteiger partial charge on any atom is 0.311 e. The zero-order valence-electron chi connectivity index (χ0n) is 11.0. The van der Waals surface area contributed by atoms with Gasteiger partial charge in [0.05, 0.1) is 6.42 Å². The van der Waals surface area contributed by atoms with Gasteiger partial charge in [0.15, 0.2) is 6.10 Å². The van der Waals surface area contributed by atoms with Gasteiger partial charge in [-0.15, -0.1) is 0 Å². The molecule has 0 spiro atoms. The molecule has 1 fully saturated rings. The molecule has 1 unspecified atom stereocenters. The van der Waals surface area contributed by atoms with Crippen LogP contribution in [-0.2, 0) is 20.7 Å². The fourth-order valence-electron chi connectivity index (χ4n) is 1.68. The Labute approximate surface area is 121 Å². The van der Waals surface area contributed by atoms with E-state index >= 15 is 0 Å². The van der Waals surface area contributed by atoms with Gasteiger partial charge in [0, 0.05) is 16.6 Å². The third-order valence-electron chi connectivity index (χ3n) is 2.98. The normalized spacial score (nSPS) is 15.6. The van der Waals surface area contributed by atoms with Crippen LogP contribution in [0.2, 0.25) is 5.02 Å². The van der Waals surface area contributed by atoms with Crippen LogP contribution in [-0.4, -0.2) is 24.0 Å². The van der Waals surface area contributed by atoms with Crippen LogP contribution in [0.5, 0.6) is 0 Å². The SMILES string of the molecule is CC(OC(=O)Cc1c(F)cccc1Cl)C(=O)NC1CC1. The summed E-state index contributed by atoms with van der Waals surface area (Å²) in [6.07, 6.45) is 0.717. The van der Waals surface area contributed by atoms with Crippen molar-refractivity contribution in [3.8, 4) is 0 Å². The van der Waals surface area contributed by atoms with Gasteiger partial charge >= 0.3 is 5.97 Å². The molecule has 20 heavy (non-hydrogen) atoms. The highest BCUT2D eigenvalue weighted by atomic mass is 35.5. The number of hydrogen-bond donors (Lipinski definition) is 1. The molecule has 0 bridgehead atoms. The molecular formula is C14H15ClFNO3. The fraction of sp³-hybridized carbons (Fsp3) is 0.429. The molecule has 1 aromatic carbocycles. The van der Waals surface area contributed by atoms with Crippen molar-refractivity contribution >= 4 is 23.5 Å². The smallest absolute Gasteiger partial charge is 0.311 e. The van der Waals surface area contributed by atoms with Gasteiger partial charge in [-0.2, -0.15) is 0 Å². The monoisotopic (exact) mass is 299 g/mol. The summed E-state index contributed by atoms with van der Waals surface area (Å²) in [5.74, 6) is -1.58. The maximum atomic E-state index is 13.5. The lowest BCUT2D eigenvalue weighted by Gasteiger charge is -2.13. The van der Waals surface area contributed by atoms with Crippen molar-refractivity contribution in [1.82, 2.24) is 5.32 Å². The second kappa shape index (κ2) is 6.22. The van der Waals surface area contributed by atoms with Crippen molar-refractivity contribution in [3.63, 3.8) is 0 Å². The zero-order valence-corrected chi connectivity index (χ0v) is 11.7. The van der Waals surface area contributed by atoms with E-state index in [1.54, 1.807) is 0 Å². The summed E-state index contributed by atoms with van der Waals surface area (Å²) in [5.41, 5.74) is 0.0777. The lowest BCUT2D eigenvalue weighted by molar-refractivity contribution is -0.154. The molecule has 1 saturated carbocycles. The Morgan fingerprint density at radius 3 is 2.80 bits per heavy atom. The Hall–Kier alpha value is -1.62. The minimum Gasteiger partial charge on any atom is -0.452 e. The van der Waals surface area contributed by atoms with E-state index in [9.17, 15) is 14.0 Å². The molecule has 1 aliphatic rings. The zero-order chi connectivity index (χ0) is 14.7. The molecule has 1 aromatic rings. The van der Waals surface area contributed by atoms with Crippen LogP contribution in [0.15, 0.2) is 18.2 Å². The Bertz CT molecular complexity index is 511. The summed E-state index contributed by atoms with van der Waals surface area (Å²) in [5, 5.41) is 2.89. The average Bonchev–Trinajstić information content (AvgIpc) is 3.18. The molecular weight excluding hydrogens is 285 g/mol. The summed E-state index contributed by atoms with van der Waals surface area (Å²) < 4.78 is 18.5. The predicted octanol–water partition coefficient (Wildman–Crippen LogP) is 2.23. The van der Waals surface area contributed by atoms with E-state index in [2.05, 4.69) is 5.32 Å². The molecule has 108 valence electrons. The van der Waals surface area contributed by atoms with Crippen LogP contribution < -0.4 is 5.32 Å². The van der Waals surface area contributed by atoms with Crippen molar-refractivity contribution in [1.29, 1.82) is 0 Å². The molecule has 0 heterocycles. The predicted molar refractivity (Wildman–Crippen MR) is 71.8 cm³/mol. The Balaban J connectivity index is 1.89. The maximum absolute atomic E-state index is 13.5. The van der Waals surface area contributed by atoms with Gasteiger partial charge in [0.1, 0.15) is 5.82 Å². The molecule has 4 nitrogen and oxygen atoms in total. The van der Waals surface area contributed by atoms with Crippen LogP contribution in [0.3, 0.4) is 0 Å². The number of benzene rings is 1. The molecule has 1 aliphatic carbocycles. The Morgan fingerprint density at radius 2 is 2.20 bits per heavy atom. The number of carbonyl (C=O) groups is 2. The van der Waals surface area contributed by atoms with Crippen LogP contribution in [0.4, 0.5) is 4.39 Å². The van der Waals surface area contributed by atoms with Crippen LogP contribution in [0.25, 0.3) is 0 Å². The van der Waals surface area contributed by atoms with Gasteiger partial charge in [0.25, 0.3) is 5.91 Å². The number of hydrogen-bond acceptors (Lipinski definition) is 3.